The first-order valence-corrected chi connectivity index (χ1v) is 4.20. The lowest BCUT2D eigenvalue weighted by Crippen LogP contribution is -1.81. The maximum atomic E-state index is 4.10. The zero-order chi connectivity index (χ0) is 8.39. The Labute approximate surface area is 78.4 Å². The van der Waals surface area contributed by atoms with Crippen molar-refractivity contribution in [2.75, 3.05) is 0 Å². The molecule has 0 bridgehead atoms. The van der Waals surface area contributed by atoms with E-state index in [1.165, 1.54) is 3.71 Å². The molecule has 2 rings (SSSR count). The van der Waals surface area contributed by atoms with Gasteiger partial charge in [-0.3, -0.25) is 0 Å². The molecule has 0 N–H and O–H groups in total. The van der Waals surface area contributed by atoms with E-state index in [4.69, 9.17) is 0 Å². The standard InChI is InChI=1S/C8H6BrN3/c9-12-6-10-8(11-12)7-4-2-1-3-5-7/h1-6H. The Hall–Kier alpha value is -1.16. The quantitative estimate of drug-likeness (QED) is 0.742. The normalized spacial score (nSPS) is 10.1. The Morgan fingerprint density at radius 3 is 2.50 bits per heavy atom. The van der Waals surface area contributed by atoms with Gasteiger partial charge in [0.25, 0.3) is 0 Å². The first-order chi connectivity index (χ1) is 5.86. The molecule has 0 atom stereocenters. The molecule has 3 nitrogen and oxygen atoms in total. The second-order valence-electron chi connectivity index (χ2n) is 2.32. The summed E-state index contributed by atoms with van der Waals surface area (Å²) >= 11 is 3.17. The second kappa shape index (κ2) is 3.06. The van der Waals surface area contributed by atoms with Gasteiger partial charge in [0, 0.05) is 5.56 Å². The van der Waals surface area contributed by atoms with Crippen LogP contribution in [0.25, 0.3) is 11.4 Å². The van der Waals surface area contributed by atoms with E-state index in [1.807, 2.05) is 30.3 Å². The van der Waals surface area contributed by atoms with Crippen LogP contribution in [0.2, 0.25) is 0 Å². The molecule has 1 aromatic heterocycles. The first kappa shape index (κ1) is 7.49. The van der Waals surface area contributed by atoms with Crippen molar-refractivity contribution < 1.29 is 0 Å². The van der Waals surface area contributed by atoms with Gasteiger partial charge in [-0.05, 0) is 0 Å². The number of aromatic nitrogens is 3. The van der Waals surface area contributed by atoms with Crippen LogP contribution in [0.3, 0.4) is 0 Å². The smallest absolute Gasteiger partial charge is 0.182 e. The van der Waals surface area contributed by atoms with E-state index < -0.39 is 0 Å². The lowest BCUT2D eigenvalue weighted by Gasteiger charge is -1.91. The highest BCUT2D eigenvalue weighted by atomic mass is 79.9. The van der Waals surface area contributed by atoms with Gasteiger partial charge in [0.05, 0.1) is 16.1 Å². The van der Waals surface area contributed by atoms with E-state index in [0.717, 1.165) is 11.4 Å². The van der Waals surface area contributed by atoms with Crippen molar-refractivity contribution in [3.8, 4) is 11.4 Å². The number of hydrogen-bond donors (Lipinski definition) is 0. The van der Waals surface area contributed by atoms with Gasteiger partial charge in [0.1, 0.15) is 6.33 Å². The predicted molar refractivity (Wildman–Crippen MR) is 49.8 cm³/mol. The topological polar surface area (TPSA) is 30.7 Å². The van der Waals surface area contributed by atoms with Crippen LogP contribution in [-0.4, -0.2) is 13.8 Å². The van der Waals surface area contributed by atoms with Crippen molar-refractivity contribution in [1.82, 2.24) is 13.8 Å². The second-order valence-corrected chi connectivity index (χ2v) is 3.05. The van der Waals surface area contributed by atoms with Crippen molar-refractivity contribution in [3.63, 3.8) is 0 Å². The molecule has 1 heterocycles. The Morgan fingerprint density at radius 2 is 1.92 bits per heavy atom. The van der Waals surface area contributed by atoms with E-state index in [9.17, 15) is 0 Å². The molecule has 1 aromatic carbocycles. The minimum Gasteiger partial charge on any atom is -0.214 e. The average Bonchev–Trinajstić information content (AvgIpc) is 2.54. The van der Waals surface area contributed by atoms with Crippen LogP contribution in [0.4, 0.5) is 0 Å². The van der Waals surface area contributed by atoms with Gasteiger partial charge in [-0.2, -0.15) is 3.71 Å². The van der Waals surface area contributed by atoms with Gasteiger partial charge in [0.2, 0.25) is 0 Å². The molecule has 0 spiro atoms. The van der Waals surface area contributed by atoms with Crippen molar-refractivity contribution >= 4 is 16.1 Å². The molecule has 0 aliphatic heterocycles. The zero-order valence-electron chi connectivity index (χ0n) is 6.18. The summed E-state index contributed by atoms with van der Waals surface area (Å²) in [6.45, 7) is 0. The third-order valence-corrected chi connectivity index (χ3v) is 1.84. The number of halogens is 1. The fraction of sp³-hybridized carbons (Fsp3) is 0. The minimum absolute atomic E-state index is 0.729. The molecule has 12 heavy (non-hydrogen) atoms. The Balaban J connectivity index is 2.45. The highest BCUT2D eigenvalue weighted by molar-refractivity contribution is 9.08. The molecule has 0 aliphatic carbocycles. The Morgan fingerprint density at radius 1 is 1.17 bits per heavy atom. The van der Waals surface area contributed by atoms with E-state index >= 15 is 0 Å². The summed E-state index contributed by atoms with van der Waals surface area (Å²) in [5.41, 5.74) is 1.02. The fourth-order valence-electron chi connectivity index (χ4n) is 0.964. The number of rotatable bonds is 1. The molecule has 60 valence electrons. The third kappa shape index (κ3) is 1.38. The van der Waals surface area contributed by atoms with Crippen LogP contribution in [0.15, 0.2) is 36.7 Å². The van der Waals surface area contributed by atoms with Crippen LogP contribution in [-0.2, 0) is 0 Å². The molecular formula is C8H6BrN3. The molecule has 0 saturated carbocycles. The van der Waals surface area contributed by atoms with E-state index in [1.54, 1.807) is 6.33 Å². The molecule has 0 saturated heterocycles. The van der Waals surface area contributed by atoms with E-state index in [0.29, 0.717) is 0 Å². The maximum absolute atomic E-state index is 4.10. The highest BCUT2D eigenvalue weighted by Crippen LogP contribution is 2.12. The van der Waals surface area contributed by atoms with Gasteiger partial charge < -0.3 is 0 Å². The van der Waals surface area contributed by atoms with E-state index in [-0.39, 0.29) is 0 Å². The Kier molecular flexibility index (Phi) is 1.91. The van der Waals surface area contributed by atoms with Crippen LogP contribution in [0.5, 0.6) is 0 Å². The van der Waals surface area contributed by atoms with Crippen LogP contribution < -0.4 is 0 Å². The van der Waals surface area contributed by atoms with Crippen molar-refractivity contribution in [2.24, 2.45) is 0 Å². The van der Waals surface area contributed by atoms with Crippen LogP contribution in [0.1, 0.15) is 0 Å². The zero-order valence-corrected chi connectivity index (χ0v) is 7.77. The average molecular weight is 224 g/mol. The van der Waals surface area contributed by atoms with Gasteiger partial charge >= 0.3 is 0 Å². The number of nitrogens with zero attached hydrogens (tertiary/aromatic N) is 3. The molecule has 0 radical (unpaired) electrons. The summed E-state index contributed by atoms with van der Waals surface area (Å²) in [6.07, 6.45) is 1.61. The number of benzene rings is 1. The minimum atomic E-state index is 0.729. The lowest BCUT2D eigenvalue weighted by atomic mass is 10.2. The predicted octanol–water partition coefficient (Wildman–Crippen LogP) is 2.10. The highest BCUT2D eigenvalue weighted by Gasteiger charge is 2.00. The van der Waals surface area contributed by atoms with Gasteiger partial charge in [0.15, 0.2) is 5.82 Å². The third-order valence-electron chi connectivity index (χ3n) is 1.50. The SMILES string of the molecule is Brn1cnc(-c2ccccc2)n1. The van der Waals surface area contributed by atoms with Gasteiger partial charge in [-0.25, -0.2) is 4.98 Å². The van der Waals surface area contributed by atoms with E-state index in [2.05, 4.69) is 26.2 Å². The molecular weight excluding hydrogens is 218 g/mol. The maximum Gasteiger partial charge on any atom is 0.182 e. The summed E-state index contributed by atoms with van der Waals surface area (Å²) in [5, 5.41) is 4.10. The lowest BCUT2D eigenvalue weighted by molar-refractivity contribution is 1.04. The van der Waals surface area contributed by atoms with Crippen LogP contribution in [0, 0.1) is 0 Å². The Bertz CT molecular complexity index is 369. The monoisotopic (exact) mass is 223 g/mol. The molecule has 0 fully saturated rings. The van der Waals surface area contributed by atoms with Crippen molar-refractivity contribution in [1.29, 1.82) is 0 Å². The fourth-order valence-corrected chi connectivity index (χ4v) is 1.21. The van der Waals surface area contributed by atoms with Crippen LogP contribution >= 0.6 is 16.1 Å². The molecule has 0 aliphatic rings. The molecule has 2 aromatic rings. The number of hydrogen-bond acceptors (Lipinski definition) is 2. The van der Waals surface area contributed by atoms with Crippen molar-refractivity contribution in [3.05, 3.63) is 36.7 Å². The summed E-state index contributed by atoms with van der Waals surface area (Å²) < 4.78 is 1.51. The summed E-state index contributed by atoms with van der Waals surface area (Å²) in [6, 6.07) is 9.84. The molecule has 0 unspecified atom stereocenters. The summed E-state index contributed by atoms with van der Waals surface area (Å²) in [7, 11) is 0. The largest absolute Gasteiger partial charge is 0.214 e. The van der Waals surface area contributed by atoms with Gasteiger partial charge in [-0.15, -0.1) is 5.10 Å². The summed E-state index contributed by atoms with van der Waals surface area (Å²) in [4.78, 5) is 4.09. The van der Waals surface area contributed by atoms with Gasteiger partial charge in [-0.1, -0.05) is 30.3 Å². The first-order valence-electron chi connectivity index (χ1n) is 3.49. The molecule has 4 heteroatoms. The molecule has 0 amide bonds. The van der Waals surface area contributed by atoms with Crippen molar-refractivity contribution in [2.45, 2.75) is 0 Å². The summed E-state index contributed by atoms with van der Waals surface area (Å²) in [5.74, 6) is 0.729.